The van der Waals surface area contributed by atoms with Gasteiger partial charge in [-0.3, -0.25) is 9.59 Å². The highest BCUT2D eigenvalue weighted by atomic mass is 35.5. The Labute approximate surface area is 254 Å². The van der Waals surface area contributed by atoms with E-state index in [1.165, 1.54) is 33.7 Å². The lowest BCUT2D eigenvalue weighted by molar-refractivity contribution is 0.0199. The number of nitrogens with zero attached hydrogens (tertiary/aromatic N) is 4. The zero-order valence-electron chi connectivity index (χ0n) is 24.9. The van der Waals surface area contributed by atoms with E-state index >= 15 is 0 Å². The van der Waals surface area contributed by atoms with Crippen LogP contribution in [0.2, 0.25) is 5.02 Å². The number of benzene rings is 1. The highest BCUT2D eigenvalue weighted by molar-refractivity contribution is 6.34. The Balaban J connectivity index is 1.38. The van der Waals surface area contributed by atoms with Crippen LogP contribution >= 0.6 is 11.6 Å². The lowest BCUT2D eigenvalue weighted by atomic mass is 10.0. The van der Waals surface area contributed by atoms with Crippen molar-refractivity contribution in [2.45, 2.75) is 45.3 Å². The van der Waals surface area contributed by atoms with E-state index in [9.17, 15) is 23.2 Å². The van der Waals surface area contributed by atoms with Crippen LogP contribution in [-0.2, 0) is 11.8 Å². The maximum absolute atomic E-state index is 14.7. The fourth-order valence-corrected chi connectivity index (χ4v) is 4.99. The van der Waals surface area contributed by atoms with Crippen molar-refractivity contribution in [2.24, 2.45) is 7.05 Å². The van der Waals surface area contributed by atoms with E-state index in [2.05, 4.69) is 15.6 Å². The molecule has 230 valence electrons. The number of likely N-dealkylation sites (tertiary alicyclic amines) is 1. The standard InChI is InChI=1S/C30H35ClF2N6O4/c1-30(2,3)43-29(42)39-13-11-17(12-14-39)34-27(40)19-8-7-18(15-21(19)31)35-28(41)24-10-9-23(38(24)6)20-16-22(32)26(37(4)5)36-25(20)33/h7-10,15-17H,11-14H2,1-6H3,(H,34,40)(H,35,41). The van der Waals surface area contributed by atoms with Gasteiger partial charge in [0, 0.05) is 46.0 Å². The average molecular weight is 617 g/mol. The Morgan fingerprint density at radius 3 is 2.33 bits per heavy atom. The summed E-state index contributed by atoms with van der Waals surface area (Å²) in [6, 6.07) is 8.41. The molecule has 2 N–H and O–H groups in total. The Bertz CT molecular complexity index is 1540. The molecule has 4 rings (SSSR count). The molecule has 0 unspecified atom stereocenters. The first-order valence-electron chi connectivity index (χ1n) is 13.7. The zero-order valence-corrected chi connectivity index (χ0v) is 25.7. The van der Waals surface area contributed by atoms with Crippen molar-refractivity contribution < 1.29 is 27.9 Å². The number of halogens is 3. The van der Waals surface area contributed by atoms with Crippen molar-refractivity contribution in [1.82, 2.24) is 19.8 Å². The molecular formula is C30H35ClF2N6O4. The Morgan fingerprint density at radius 2 is 1.72 bits per heavy atom. The van der Waals surface area contributed by atoms with Gasteiger partial charge in [-0.1, -0.05) is 11.6 Å². The van der Waals surface area contributed by atoms with E-state index in [1.807, 2.05) is 20.8 Å². The number of amides is 3. The van der Waals surface area contributed by atoms with Crippen LogP contribution in [0.4, 0.5) is 25.1 Å². The lowest BCUT2D eigenvalue weighted by Gasteiger charge is -2.33. The Hall–Kier alpha value is -4.19. The van der Waals surface area contributed by atoms with Gasteiger partial charge in [0.15, 0.2) is 11.6 Å². The van der Waals surface area contributed by atoms with Crippen LogP contribution in [0, 0.1) is 11.8 Å². The molecule has 3 heterocycles. The first kappa shape index (κ1) is 31.7. The number of hydrogen-bond donors (Lipinski definition) is 2. The fourth-order valence-electron chi connectivity index (χ4n) is 4.73. The first-order valence-corrected chi connectivity index (χ1v) is 14.1. The molecule has 0 radical (unpaired) electrons. The molecule has 1 aromatic carbocycles. The molecule has 13 heteroatoms. The average Bonchev–Trinajstić information content (AvgIpc) is 3.30. The number of ether oxygens (including phenoxy) is 1. The van der Waals surface area contributed by atoms with Crippen LogP contribution < -0.4 is 15.5 Å². The molecule has 1 aliphatic rings. The summed E-state index contributed by atoms with van der Waals surface area (Å²) in [5.41, 5.74) is 0.364. The molecule has 0 aliphatic carbocycles. The molecule has 0 spiro atoms. The zero-order chi connectivity index (χ0) is 31.6. The van der Waals surface area contributed by atoms with Crippen LogP contribution in [0.25, 0.3) is 11.3 Å². The summed E-state index contributed by atoms with van der Waals surface area (Å²) in [5, 5.41) is 5.81. The second-order valence-electron chi connectivity index (χ2n) is 11.6. The molecule has 0 bridgehead atoms. The summed E-state index contributed by atoms with van der Waals surface area (Å²) < 4.78 is 36.1. The molecule has 3 aromatic rings. The predicted octanol–water partition coefficient (Wildman–Crippen LogP) is 5.47. The number of rotatable bonds is 6. The minimum Gasteiger partial charge on any atom is -0.444 e. The molecule has 2 aromatic heterocycles. The molecule has 10 nitrogen and oxygen atoms in total. The summed E-state index contributed by atoms with van der Waals surface area (Å²) >= 11 is 6.41. The minimum absolute atomic E-state index is 0.0847. The number of hydrogen-bond acceptors (Lipinski definition) is 6. The maximum Gasteiger partial charge on any atom is 0.410 e. The van der Waals surface area contributed by atoms with Gasteiger partial charge in [-0.05, 0) is 70.0 Å². The van der Waals surface area contributed by atoms with Crippen LogP contribution in [0.5, 0.6) is 0 Å². The first-order chi connectivity index (χ1) is 20.1. The highest BCUT2D eigenvalue weighted by Crippen LogP contribution is 2.29. The fraction of sp³-hybridized carbons (Fsp3) is 0.400. The van der Waals surface area contributed by atoms with E-state index in [0.29, 0.717) is 31.6 Å². The third-order valence-electron chi connectivity index (χ3n) is 6.92. The summed E-state index contributed by atoms with van der Waals surface area (Å²) in [6.45, 7) is 6.35. The molecule has 0 saturated carbocycles. The molecular weight excluding hydrogens is 582 g/mol. The topological polar surface area (TPSA) is 109 Å². The molecule has 0 atom stereocenters. The van der Waals surface area contributed by atoms with E-state index in [4.69, 9.17) is 16.3 Å². The number of carbonyl (C=O) groups is 3. The molecule has 43 heavy (non-hydrogen) atoms. The highest BCUT2D eigenvalue weighted by Gasteiger charge is 2.28. The predicted molar refractivity (Wildman–Crippen MR) is 161 cm³/mol. The largest absolute Gasteiger partial charge is 0.444 e. The van der Waals surface area contributed by atoms with Gasteiger partial charge in [-0.25, -0.2) is 9.18 Å². The number of piperidine rings is 1. The van der Waals surface area contributed by atoms with E-state index < -0.39 is 23.3 Å². The van der Waals surface area contributed by atoms with Crippen molar-refractivity contribution in [3.05, 3.63) is 64.4 Å². The van der Waals surface area contributed by atoms with Gasteiger partial charge in [0.25, 0.3) is 11.8 Å². The van der Waals surface area contributed by atoms with Gasteiger partial charge in [0.05, 0.1) is 21.8 Å². The van der Waals surface area contributed by atoms with E-state index in [1.54, 1.807) is 32.1 Å². The quantitative estimate of drug-likeness (QED) is 0.356. The lowest BCUT2D eigenvalue weighted by Crippen LogP contribution is -2.47. The van der Waals surface area contributed by atoms with Gasteiger partial charge >= 0.3 is 6.09 Å². The minimum atomic E-state index is -0.868. The second-order valence-corrected chi connectivity index (χ2v) is 12.0. The molecule has 3 amide bonds. The SMILES string of the molecule is CN(C)c1nc(F)c(-c2ccc(C(=O)Nc3ccc(C(=O)NC4CCN(C(=O)OC(C)(C)C)CC4)c(Cl)c3)n2C)cc1F. The van der Waals surface area contributed by atoms with Crippen LogP contribution in [-0.4, -0.2) is 71.2 Å². The number of pyridine rings is 1. The van der Waals surface area contributed by atoms with E-state index in [-0.39, 0.29) is 51.4 Å². The van der Waals surface area contributed by atoms with Crippen molar-refractivity contribution in [2.75, 3.05) is 37.4 Å². The number of anilines is 2. The third kappa shape index (κ3) is 7.42. The van der Waals surface area contributed by atoms with Crippen molar-refractivity contribution in [3.8, 4) is 11.3 Å². The summed E-state index contributed by atoms with van der Waals surface area (Å²) in [7, 11) is 4.67. The van der Waals surface area contributed by atoms with E-state index in [0.717, 1.165) is 6.07 Å². The number of carbonyl (C=O) groups excluding carboxylic acids is 3. The Morgan fingerprint density at radius 1 is 1.05 bits per heavy atom. The monoisotopic (exact) mass is 616 g/mol. The van der Waals surface area contributed by atoms with Crippen LogP contribution in [0.15, 0.2) is 36.4 Å². The van der Waals surface area contributed by atoms with Crippen molar-refractivity contribution in [1.29, 1.82) is 0 Å². The number of nitrogens with one attached hydrogen (secondary N) is 2. The summed E-state index contributed by atoms with van der Waals surface area (Å²) in [5.74, 6) is -2.58. The van der Waals surface area contributed by atoms with Gasteiger partial charge in [-0.2, -0.15) is 9.37 Å². The molecule has 1 saturated heterocycles. The maximum atomic E-state index is 14.7. The van der Waals surface area contributed by atoms with Gasteiger partial charge in [-0.15, -0.1) is 0 Å². The van der Waals surface area contributed by atoms with Gasteiger partial charge in [0.1, 0.15) is 11.3 Å². The van der Waals surface area contributed by atoms with Gasteiger partial charge < -0.3 is 29.7 Å². The van der Waals surface area contributed by atoms with Crippen LogP contribution in [0.3, 0.4) is 0 Å². The third-order valence-corrected chi connectivity index (χ3v) is 7.23. The van der Waals surface area contributed by atoms with Crippen LogP contribution in [0.1, 0.15) is 54.5 Å². The molecule has 1 fully saturated rings. The normalized spacial score (nSPS) is 13.9. The Kier molecular flexibility index (Phi) is 9.29. The van der Waals surface area contributed by atoms with Crippen molar-refractivity contribution in [3.63, 3.8) is 0 Å². The second kappa shape index (κ2) is 12.6. The van der Waals surface area contributed by atoms with Crippen molar-refractivity contribution >= 4 is 41.0 Å². The smallest absolute Gasteiger partial charge is 0.410 e. The molecule has 1 aliphatic heterocycles. The van der Waals surface area contributed by atoms with Gasteiger partial charge in [0.2, 0.25) is 5.95 Å². The number of aromatic nitrogens is 2. The summed E-state index contributed by atoms with van der Waals surface area (Å²) in [6.07, 6.45) is 0.769. The summed E-state index contributed by atoms with van der Waals surface area (Å²) in [4.78, 5) is 44.9.